The fourth-order valence-corrected chi connectivity index (χ4v) is 3.40. The number of carboxylic acid groups (broad SMARTS) is 1. The Kier molecular flexibility index (Phi) is 5.85. The van der Waals surface area contributed by atoms with Crippen molar-refractivity contribution in [3.05, 3.63) is 0 Å². The van der Waals surface area contributed by atoms with Crippen LogP contribution in [0.4, 0.5) is 4.79 Å². The Balaban J connectivity index is 1.68. The molecule has 4 N–H and O–H groups in total. The van der Waals surface area contributed by atoms with E-state index in [1.165, 1.54) is 24.2 Å². The van der Waals surface area contributed by atoms with E-state index in [0.717, 1.165) is 25.7 Å². The molecule has 0 spiro atoms. The first-order valence-electron chi connectivity index (χ1n) is 8.09. The molecular weight excluding hydrogens is 270 g/mol. The zero-order valence-corrected chi connectivity index (χ0v) is 12.6. The van der Waals surface area contributed by atoms with Gasteiger partial charge in [-0.05, 0) is 37.5 Å². The minimum atomic E-state index is -0.850. The lowest BCUT2D eigenvalue weighted by Crippen LogP contribution is -2.48. The summed E-state index contributed by atoms with van der Waals surface area (Å²) in [6.45, 7) is 1.74. The normalized spacial score (nSPS) is 22.8. The molecule has 1 saturated carbocycles. The van der Waals surface area contributed by atoms with Gasteiger partial charge in [0.25, 0.3) is 0 Å². The van der Waals surface area contributed by atoms with Crippen LogP contribution < -0.4 is 11.1 Å². The van der Waals surface area contributed by atoms with Crippen molar-refractivity contribution in [2.45, 2.75) is 51.0 Å². The van der Waals surface area contributed by atoms with E-state index in [2.05, 4.69) is 5.32 Å². The number of hydrogen-bond acceptors (Lipinski definition) is 3. The molecule has 6 heteroatoms. The van der Waals surface area contributed by atoms with Crippen molar-refractivity contribution in [3.63, 3.8) is 0 Å². The highest BCUT2D eigenvalue weighted by atomic mass is 16.4. The van der Waals surface area contributed by atoms with Crippen molar-refractivity contribution in [1.29, 1.82) is 0 Å². The highest BCUT2D eigenvalue weighted by Gasteiger charge is 2.27. The minimum Gasteiger partial charge on any atom is -0.465 e. The van der Waals surface area contributed by atoms with E-state index in [9.17, 15) is 9.59 Å². The van der Waals surface area contributed by atoms with Crippen LogP contribution in [0, 0.1) is 11.8 Å². The predicted octanol–water partition coefficient (Wildman–Crippen LogP) is 1.40. The van der Waals surface area contributed by atoms with Crippen molar-refractivity contribution in [3.8, 4) is 0 Å². The number of rotatable bonds is 4. The molecule has 2 rings (SSSR count). The predicted molar refractivity (Wildman–Crippen MR) is 79.9 cm³/mol. The Morgan fingerprint density at radius 3 is 2.33 bits per heavy atom. The molecule has 21 heavy (non-hydrogen) atoms. The number of carbonyl (C=O) groups is 2. The molecule has 1 atom stereocenters. The van der Waals surface area contributed by atoms with E-state index < -0.39 is 6.09 Å². The molecule has 0 radical (unpaired) electrons. The zero-order valence-electron chi connectivity index (χ0n) is 12.6. The number of hydrogen-bond donors (Lipinski definition) is 3. The maximum absolute atomic E-state index is 12.1. The Bertz CT molecular complexity index is 361. The molecule has 0 aromatic carbocycles. The molecule has 6 nitrogen and oxygen atoms in total. The van der Waals surface area contributed by atoms with Gasteiger partial charge in [-0.15, -0.1) is 0 Å². The summed E-state index contributed by atoms with van der Waals surface area (Å²) >= 11 is 0. The molecule has 2 amide bonds. The van der Waals surface area contributed by atoms with Gasteiger partial charge < -0.3 is 21.1 Å². The van der Waals surface area contributed by atoms with E-state index in [4.69, 9.17) is 10.8 Å². The highest BCUT2D eigenvalue weighted by molar-refractivity contribution is 5.81. The number of nitrogens with zero attached hydrogens (tertiary/aromatic N) is 1. The quantitative estimate of drug-likeness (QED) is 0.731. The first kappa shape index (κ1) is 16.1. The first-order chi connectivity index (χ1) is 10.1. The summed E-state index contributed by atoms with van der Waals surface area (Å²) in [5, 5.41) is 11.9. The molecule has 0 unspecified atom stereocenters. The molecule has 1 aliphatic carbocycles. The van der Waals surface area contributed by atoms with Crippen LogP contribution in [0.5, 0.6) is 0 Å². The highest BCUT2D eigenvalue weighted by Crippen LogP contribution is 2.25. The summed E-state index contributed by atoms with van der Waals surface area (Å²) in [7, 11) is 0. The maximum Gasteiger partial charge on any atom is 0.407 e. The van der Waals surface area contributed by atoms with E-state index >= 15 is 0 Å². The van der Waals surface area contributed by atoms with E-state index in [-0.39, 0.29) is 11.9 Å². The number of nitrogens with one attached hydrogen (secondary N) is 1. The van der Waals surface area contributed by atoms with E-state index in [0.29, 0.717) is 31.5 Å². The van der Waals surface area contributed by atoms with Crippen molar-refractivity contribution in [2.75, 3.05) is 19.6 Å². The van der Waals surface area contributed by atoms with Gasteiger partial charge in [0.15, 0.2) is 0 Å². The van der Waals surface area contributed by atoms with Crippen molar-refractivity contribution < 1.29 is 14.7 Å². The number of carbonyl (C=O) groups excluding carboxylic acids is 1. The Labute approximate surface area is 126 Å². The SMILES string of the molecule is N[C@H](C(=O)NCC1CCN(C(=O)O)CC1)C1CCCCC1. The van der Waals surface area contributed by atoms with Gasteiger partial charge in [-0.2, -0.15) is 0 Å². The maximum atomic E-state index is 12.1. The standard InChI is InChI=1S/C15H27N3O3/c16-13(12-4-2-1-3-5-12)14(19)17-10-11-6-8-18(9-7-11)15(20)21/h11-13H,1-10,16H2,(H,17,19)(H,20,21)/t13-/m0/s1. The second kappa shape index (κ2) is 7.64. The Morgan fingerprint density at radius 2 is 1.76 bits per heavy atom. The van der Waals surface area contributed by atoms with Crippen LogP contribution in [0.1, 0.15) is 44.9 Å². The minimum absolute atomic E-state index is 0.0393. The van der Waals surface area contributed by atoms with Gasteiger partial charge in [0, 0.05) is 19.6 Å². The first-order valence-corrected chi connectivity index (χ1v) is 8.09. The van der Waals surface area contributed by atoms with Crippen molar-refractivity contribution in [1.82, 2.24) is 10.2 Å². The number of amides is 2. The molecular formula is C15H27N3O3. The summed E-state index contributed by atoms with van der Waals surface area (Å²) in [6.07, 6.45) is 6.51. The van der Waals surface area contributed by atoms with Gasteiger partial charge in [-0.3, -0.25) is 4.79 Å². The third-order valence-electron chi connectivity index (χ3n) is 4.91. The average molecular weight is 297 g/mol. The van der Waals surface area contributed by atoms with Gasteiger partial charge in [-0.1, -0.05) is 19.3 Å². The third kappa shape index (κ3) is 4.59. The Morgan fingerprint density at radius 1 is 1.14 bits per heavy atom. The van der Waals surface area contributed by atoms with Gasteiger partial charge in [0.1, 0.15) is 0 Å². The summed E-state index contributed by atoms with van der Waals surface area (Å²) in [5.74, 6) is 0.651. The van der Waals surface area contributed by atoms with Crippen LogP contribution in [0.15, 0.2) is 0 Å². The second-order valence-corrected chi connectivity index (χ2v) is 6.38. The molecule has 120 valence electrons. The van der Waals surface area contributed by atoms with Crippen molar-refractivity contribution in [2.24, 2.45) is 17.6 Å². The van der Waals surface area contributed by atoms with Gasteiger partial charge in [0.2, 0.25) is 5.91 Å². The van der Waals surface area contributed by atoms with Crippen LogP contribution in [-0.2, 0) is 4.79 Å². The van der Waals surface area contributed by atoms with Gasteiger partial charge in [-0.25, -0.2) is 4.79 Å². The number of nitrogens with two attached hydrogens (primary N) is 1. The fraction of sp³-hybridized carbons (Fsp3) is 0.867. The summed E-state index contributed by atoms with van der Waals surface area (Å²) in [5.41, 5.74) is 6.07. The van der Waals surface area contributed by atoms with Crippen LogP contribution in [0.25, 0.3) is 0 Å². The molecule has 0 aromatic rings. The van der Waals surface area contributed by atoms with E-state index in [1.807, 2.05) is 0 Å². The lowest BCUT2D eigenvalue weighted by Gasteiger charge is -2.31. The molecule has 1 saturated heterocycles. The summed E-state index contributed by atoms with van der Waals surface area (Å²) < 4.78 is 0. The zero-order chi connectivity index (χ0) is 15.2. The molecule has 0 bridgehead atoms. The van der Waals surface area contributed by atoms with Crippen LogP contribution >= 0.6 is 0 Å². The lowest BCUT2D eigenvalue weighted by molar-refractivity contribution is -0.124. The molecule has 1 heterocycles. The number of piperidine rings is 1. The number of likely N-dealkylation sites (tertiary alicyclic amines) is 1. The molecule has 2 aliphatic rings. The largest absolute Gasteiger partial charge is 0.465 e. The van der Waals surface area contributed by atoms with Crippen LogP contribution in [-0.4, -0.2) is 47.7 Å². The van der Waals surface area contributed by atoms with E-state index in [1.54, 1.807) is 0 Å². The molecule has 1 aliphatic heterocycles. The monoisotopic (exact) mass is 297 g/mol. The van der Waals surface area contributed by atoms with Crippen LogP contribution in [0.2, 0.25) is 0 Å². The summed E-state index contributed by atoms with van der Waals surface area (Å²) in [4.78, 5) is 24.4. The fourth-order valence-electron chi connectivity index (χ4n) is 3.40. The molecule has 2 fully saturated rings. The van der Waals surface area contributed by atoms with Gasteiger partial charge >= 0.3 is 6.09 Å². The topological polar surface area (TPSA) is 95.7 Å². The molecule has 0 aromatic heterocycles. The van der Waals surface area contributed by atoms with Crippen molar-refractivity contribution >= 4 is 12.0 Å². The van der Waals surface area contributed by atoms with Gasteiger partial charge in [0.05, 0.1) is 6.04 Å². The smallest absolute Gasteiger partial charge is 0.407 e. The van der Waals surface area contributed by atoms with Crippen LogP contribution in [0.3, 0.4) is 0 Å². The second-order valence-electron chi connectivity index (χ2n) is 6.38. The Hall–Kier alpha value is -1.30. The average Bonchev–Trinajstić information content (AvgIpc) is 2.53. The third-order valence-corrected chi connectivity index (χ3v) is 4.91. The summed E-state index contributed by atoms with van der Waals surface area (Å²) in [6, 6.07) is -0.385. The lowest BCUT2D eigenvalue weighted by atomic mass is 9.84.